The Hall–Kier alpha value is -2.61. The number of urea groups is 1. The normalized spacial score (nSPS) is 11.0. The Morgan fingerprint density at radius 2 is 1.79 bits per heavy atom. The molecule has 0 atom stereocenters. The number of hydrogen-bond donors (Lipinski definition) is 2. The van der Waals surface area contributed by atoms with Crippen molar-refractivity contribution in [3.63, 3.8) is 0 Å². The highest BCUT2D eigenvalue weighted by molar-refractivity contribution is 7.90. The fourth-order valence-electron chi connectivity index (χ4n) is 1.94. The smallest absolute Gasteiger partial charge is 0.319 e. The number of nitrogens with one attached hydrogen (secondary N) is 2. The number of aromatic nitrogens is 1. The first kappa shape index (κ1) is 17.7. The summed E-state index contributed by atoms with van der Waals surface area (Å²) in [5.74, 6) is 0.798. The predicted molar refractivity (Wildman–Crippen MR) is 94.0 cm³/mol. The second-order valence-electron chi connectivity index (χ2n) is 5.52. The molecule has 2 amide bonds. The summed E-state index contributed by atoms with van der Waals surface area (Å²) in [5, 5.41) is 5.39. The average molecular weight is 348 g/mol. The Bertz CT molecular complexity index is 800. The van der Waals surface area contributed by atoms with E-state index < -0.39 is 9.84 Å². The molecule has 2 aromatic rings. The van der Waals surface area contributed by atoms with Crippen LogP contribution in [-0.4, -0.2) is 39.8 Å². The summed E-state index contributed by atoms with van der Waals surface area (Å²) in [6, 6.07) is 9.60. The number of nitrogens with zero attached hydrogens (tertiary/aromatic N) is 2. The van der Waals surface area contributed by atoms with Crippen molar-refractivity contribution >= 4 is 27.4 Å². The Balaban J connectivity index is 1.89. The van der Waals surface area contributed by atoms with Crippen molar-refractivity contribution in [2.45, 2.75) is 11.4 Å². The maximum absolute atomic E-state index is 11.9. The number of pyridine rings is 1. The lowest BCUT2D eigenvalue weighted by atomic mass is 10.2. The first-order chi connectivity index (χ1) is 11.3. The molecule has 0 unspecified atom stereocenters. The van der Waals surface area contributed by atoms with Gasteiger partial charge in [-0.15, -0.1) is 0 Å². The van der Waals surface area contributed by atoms with Gasteiger partial charge < -0.3 is 15.5 Å². The molecule has 24 heavy (non-hydrogen) atoms. The molecule has 0 spiro atoms. The molecule has 0 radical (unpaired) electrons. The number of rotatable bonds is 5. The fourth-order valence-corrected chi connectivity index (χ4v) is 2.57. The van der Waals surface area contributed by atoms with Gasteiger partial charge in [0.05, 0.1) is 16.8 Å². The van der Waals surface area contributed by atoms with Gasteiger partial charge in [-0.05, 0) is 29.8 Å². The molecule has 128 valence electrons. The van der Waals surface area contributed by atoms with Crippen molar-refractivity contribution in [1.29, 1.82) is 0 Å². The molecule has 0 aliphatic carbocycles. The summed E-state index contributed by atoms with van der Waals surface area (Å²) < 4.78 is 22.8. The van der Waals surface area contributed by atoms with Crippen molar-refractivity contribution in [2.75, 3.05) is 30.6 Å². The lowest BCUT2D eigenvalue weighted by molar-refractivity contribution is 0.251. The number of carbonyl (C=O) groups excluding carboxylic acids is 1. The quantitative estimate of drug-likeness (QED) is 0.861. The monoisotopic (exact) mass is 348 g/mol. The van der Waals surface area contributed by atoms with Gasteiger partial charge in [-0.1, -0.05) is 12.1 Å². The number of sulfone groups is 1. The molecule has 2 rings (SSSR count). The summed E-state index contributed by atoms with van der Waals surface area (Å²) in [4.78, 5) is 18.2. The molecule has 1 aromatic heterocycles. The highest BCUT2D eigenvalue weighted by Gasteiger charge is 2.07. The van der Waals surface area contributed by atoms with Crippen LogP contribution >= 0.6 is 0 Å². The standard InChI is InChI=1S/C16H20N4O3S/c1-20(2)15-9-6-13(11-17-15)19-16(21)18-10-12-4-7-14(8-5-12)24(3,22)23/h4-9,11H,10H2,1-3H3,(H2,18,19,21). The van der Waals surface area contributed by atoms with E-state index in [9.17, 15) is 13.2 Å². The number of amides is 2. The van der Waals surface area contributed by atoms with E-state index in [0.29, 0.717) is 12.2 Å². The highest BCUT2D eigenvalue weighted by atomic mass is 32.2. The minimum absolute atomic E-state index is 0.253. The van der Waals surface area contributed by atoms with Crippen molar-refractivity contribution in [2.24, 2.45) is 0 Å². The highest BCUT2D eigenvalue weighted by Crippen LogP contribution is 2.12. The number of hydrogen-bond acceptors (Lipinski definition) is 5. The summed E-state index contributed by atoms with van der Waals surface area (Å²) in [6.45, 7) is 0.291. The fraction of sp³-hybridized carbons (Fsp3) is 0.250. The van der Waals surface area contributed by atoms with E-state index in [0.717, 1.165) is 17.6 Å². The van der Waals surface area contributed by atoms with E-state index in [-0.39, 0.29) is 10.9 Å². The molecular formula is C16H20N4O3S. The summed E-state index contributed by atoms with van der Waals surface area (Å²) in [6.07, 6.45) is 2.74. The Kier molecular flexibility index (Phi) is 5.40. The van der Waals surface area contributed by atoms with E-state index in [2.05, 4.69) is 15.6 Å². The van der Waals surface area contributed by atoms with Crippen LogP contribution in [0.4, 0.5) is 16.3 Å². The average Bonchev–Trinajstić information content (AvgIpc) is 2.53. The van der Waals surface area contributed by atoms with Gasteiger partial charge in [0.1, 0.15) is 5.82 Å². The third-order valence-electron chi connectivity index (χ3n) is 3.27. The van der Waals surface area contributed by atoms with Crippen LogP contribution in [0, 0.1) is 0 Å². The maximum Gasteiger partial charge on any atom is 0.319 e. The first-order valence-electron chi connectivity index (χ1n) is 7.23. The van der Waals surface area contributed by atoms with Gasteiger partial charge in [-0.2, -0.15) is 0 Å². The van der Waals surface area contributed by atoms with Crippen molar-refractivity contribution in [1.82, 2.24) is 10.3 Å². The van der Waals surface area contributed by atoms with Gasteiger partial charge in [-0.25, -0.2) is 18.2 Å². The van der Waals surface area contributed by atoms with Crippen LogP contribution in [0.5, 0.6) is 0 Å². The third kappa shape index (κ3) is 4.95. The second kappa shape index (κ2) is 7.31. The zero-order valence-corrected chi connectivity index (χ0v) is 14.6. The Morgan fingerprint density at radius 3 is 2.29 bits per heavy atom. The topological polar surface area (TPSA) is 91.4 Å². The molecule has 0 saturated heterocycles. The van der Waals surface area contributed by atoms with Crippen LogP contribution in [0.2, 0.25) is 0 Å². The Labute approximate surface area is 141 Å². The van der Waals surface area contributed by atoms with Crippen molar-refractivity contribution in [3.8, 4) is 0 Å². The van der Waals surface area contributed by atoms with Gasteiger partial charge in [0.15, 0.2) is 9.84 Å². The lowest BCUT2D eigenvalue weighted by Gasteiger charge is -2.12. The second-order valence-corrected chi connectivity index (χ2v) is 7.54. The van der Waals surface area contributed by atoms with Crippen LogP contribution in [0.15, 0.2) is 47.5 Å². The number of carbonyl (C=O) groups is 1. The summed E-state index contributed by atoms with van der Waals surface area (Å²) in [5.41, 5.74) is 1.39. The van der Waals surface area contributed by atoms with E-state index in [1.54, 1.807) is 30.5 Å². The molecule has 0 saturated carbocycles. The maximum atomic E-state index is 11.9. The molecule has 7 nitrogen and oxygen atoms in total. The summed E-state index contributed by atoms with van der Waals surface area (Å²) >= 11 is 0. The minimum Gasteiger partial charge on any atom is -0.363 e. The molecule has 2 N–H and O–H groups in total. The molecule has 0 fully saturated rings. The van der Waals surface area contributed by atoms with Crippen LogP contribution in [0.25, 0.3) is 0 Å². The molecule has 1 heterocycles. The zero-order chi connectivity index (χ0) is 17.7. The number of anilines is 2. The van der Waals surface area contributed by atoms with Crippen LogP contribution in [-0.2, 0) is 16.4 Å². The molecule has 0 aliphatic rings. The van der Waals surface area contributed by atoms with E-state index in [1.165, 1.54) is 12.1 Å². The van der Waals surface area contributed by atoms with Crippen LogP contribution < -0.4 is 15.5 Å². The third-order valence-corrected chi connectivity index (χ3v) is 4.40. The lowest BCUT2D eigenvalue weighted by Crippen LogP contribution is -2.28. The first-order valence-corrected chi connectivity index (χ1v) is 9.12. The summed E-state index contributed by atoms with van der Waals surface area (Å²) in [7, 11) is 0.561. The van der Waals surface area contributed by atoms with Crippen LogP contribution in [0.1, 0.15) is 5.56 Å². The molecule has 1 aromatic carbocycles. The predicted octanol–water partition coefficient (Wildman–Crippen LogP) is 1.87. The molecule has 0 aliphatic heterocycles. The van der Waals surface area contributed by atoms with Crippen LogP contribution in [0.3, 0.4) is 0 Å². The van der Waals surface area contributed by atoms with Gasteiger partial charge in [0.25, 0.3) is 0 Å². The van der Waals surface area contributed by atoms with Gasteiger partial charge in [0.2, 0.25) is 0 Å². The minimum atomic E-state index is -3.21. The molecular weight excluding hydrogens is 328 g/mol. The largest absolute Gasteiger partial charge is 0.363 e. The zero-order valence-electron chi connectivity index (χ0n) is 13.8. The van der Waals surface area contributed by atoms with E-state index in [1.807, 2.05) is 19.0 Å². The van der Waals surface area contributed by atoms with Gasteiger partial charge in [-0.3, -0.25) is 0 Å². The number of benzene rings is 1. The van der Waals surface area contributed by atoms with E-state index in [4.69, 9.17) is 0 Å². The van der Waals surface area contributed by atoms with E-state index >= 15 is 0 Å². The Morgan fingerprint density at radius 1 is 1.12 bits per heavy atom. The van der Waals surface area contributed by atoms with Gasteiger partial charge >= 0.3 is 6.03 Å². The van der Waals surface area contributed by atoms with Gasteiger partial charge in [0, 0.05) is 26.9 Å². The molecule has 8 heteroatoms. The van der Waals surface area contributed by atoms with Crippen molar-refractivity contribution < 1.29 is 13.2 Å². The SMILES string of the molecule is CN(C)c1ccc(NC(=O)NCc2ccc(S(C)(=O)=O)cc2)cn1. The molecule has 0 bridgehead atoms. The van der Waals surface area contributed by atoms with Crippen molar-refractivity contribution in [3.05, 3.63) is 48.2 Å².